The lowest BCUT2D eigenvalue weighted by molar-refractivity contribution is -0.120. The number of rotatable bonds is 6. The smallest absolute Gasteiger partial charge is 0.229 e. The molecule has 3 heterocycles. The minimum atomic E-state index is -0.0230. The molecule has 1 amide bonds. The molecule has 1 saturated heterocycles. The van der Waals surface area contributed by atoms with Crippen LogP contribution in [0.25, 0.3) is 11.3 Å². The largest absolute Gasteiger partial charge is 0.370 e. The second-order valence-electron chi connectivity index (χ2n) is 8.37. The van der Waals surface area contributed by atoms with Crippen molar-refractivity contribution in [3.05, 3.63) is 35.5 Å². The van der Waals surface area contributed by atoms with Gasteiger partial charge in [-0.1, -0.05) is 36.9 Å². The molecule has 2 aromatic heterocycles. The minimum Gasteiger partial charge on any atom is -0.370 e. The number of hydrogen-bond donors (Lipinski definition) is 3. The van der Waals surface area contributed by atoms with Crippen molar-refractivity contribution < 1.29 is 4.79 Å². The van der Waals surface area contributed by atoms with Crippen LogP contribution in [0.15, 0.2) is 30.5 Å². The maximum Gasteiger partial charge on any atom is 0.229 e. The minimum absolute atomic E-state index is 0.00108. The fourth-order valence-corrected chi connectivity index (χ4v) is 4.53. The molecule has 3 N–H and O–H groups in total. The van der Waals surface area contributed by atoms with Crippen molar-refractivity contribution in [1.82, 2.24) is 15.3 Å². The number of carbonyl (C=O) groups excluding carboxylic acids is 1. The van der Waals surface area contributed by atoms with Gasteiger partial charge in [0.15, 0.2) is 0 Å². The van der Waals surface area contributed by atoms with Crippen LogP contribution in [0.4, 0.5) is 11.6 Å². The highest BCUT2D eigenvalue weighted by Crippen LogP contribution is 2.29. The van der Waals surface area contributed by atoms with Gasteiger partial charge in [0.25, 0.3) is 0 Å². The molecule has 1 saturated carbocycles. The van der Waals surface area contributed by atoms with E-state index in [2.05, 4.69) is 20.9 Å². The summed E-state index contributed by atoms with van der Waals surface area (Å²) in [5, 5.41) is 10.2. The second kappa shape index (κ2) is 10.2. The molecule has 2 fully saturated rings. The average Bonchev–Trinajstić information content (AvgIpc) is 2.80. The Morgan fingerprint density at radius 2 is 2.00 bits per heavy atom. The van der Waals surface area contributed by atoms with Crippen molar-refractivity contribution in [3.8, 4) is 11.3 Å². The maximum absolute atomic E-state index is 12.5. The number of carbonyl (C=O) groups is 1. The summed E-state index contributed by atoms with van der Waals surface area (Å²) in [6, 6.07) is 7.71. The summed E-state index contributed by atoms with van der Waals surface area (Å²) < 4.78 is 0. The molecule has 0 bridgehead atoms. The van der Waals surface area contributed by atoms with Crippen molar-refractivity contribution in [2.45, 2.75) is 44.9 Å². The van der Waals surface area contributed by atoms with Gasteiger partial charge in [-0.3, -0.25) is 4.79 Å². The van der Waals surface area contributed by atoms with Crippen LogP contribution < -0.4 is 16.0 Å². The van der Waals surface area contributed by atoms with Gasteiger partial charge >= 0.3 is 0 Å². The van der Waals surface area contributed by atoms with Crippen LogP contribution in [0.3, 0.4) is 0 Å². The highest BCUT2D eigenvalue weighted by Gasteiger charge is 2.21. The van der Waals surface area contributed by atoms with E-state index in [1.54, 1.807) is 6.20 Å². The van der Waals surface area contributed by atoms with Gasteiger partial charge in [0, 0.05) is 24.8 Å². The van der Waals surface area contributed by atoms with Crippen LogP contribution in [-0.2, 0) is 4.79 Å². The molecule has 0 unspecified atom stereocenters. The third kappa shape index (κ3) is 5.49. The van der Waals surface area contributed by atoms with Crippen LogP contribution in [0.1, 0.15) is 44.9 Å². The summed E-state index contributed by atoms with van der Waals surface area (Å²) in [4.78, 5) is 21.6. The Labute approximate surface area is 183 Å². The highest BCUT2D eigenvalue weighted by atomic mass is 35.5. The number of nitrogens with one attached hydrogen (secondary N) is 3. The van der Waals surface area contributed by atoms with Gasteiger partial charge in [-0.05, 0) is 56.3 Å². The van der Waals surface area contributed by atoms with Gasteiger partial charge in [0.05, 0.1) is 16.6 Å². The first-order valence-corrected chi connectivity index (χ1v) is 11.5. The van der Waals surface area contributed by atoms with Gasteiger partial charge in [-0.2, -0.15) is 0 Å². The molecular formula is C23H30ClN5O. The highest BCUT2D eigenvalue weighted by molar-refractivity contribution is 6.33. The topological polar surface area (TPSA) is 78.9 Å². The molecule has 6 nitrogen and oxygen atoms in total. The predicted molar refractivity (Wildman–Crippen MR) is 122 cm³/mol. The number of aromatic nitrogens is 2. The molecule has 7 heteroatoms. The van der Waals surface area contributed by atoms with E-state index in [4.69, 9.17) is 16.6 Å². The summed E-state index contributed by atoms with van der Waals surface area (Å²) >= 11 is 6.42. The molecule has 1 aliphatic heterocycles. The molecule has 0 aromatic carbocycles. The van der Waals surface area contributed by atoms with E-state index in [-0.39, 0.29) is 11.8 Å². The molecule has 2 aromatic rings. The molecule has 0 spiro atoms. The lowest BCUT2D eigenvalue weighted by Gasteiger charge is -2.22. The first kappa shape index (κ1) is 21.1. The van der Waals surface area contributed by atoms with Crippen molar-refractivity contribution in [1.29, 1.82) is 0 Å². The number of hydrogen-bond acceptors (Lipinski definition) is 5. The van der Waals surface area contributed by atoms with Crippen LogP contribution in [-0.4, -0.2) is 35.5 Å². The van der Waals surface area contributed by atoms with E-state index in [0.29, 0.717) is 17.4 Å². The van der Waals surface area contributed by atoms with Gasteiger partial charge in [0.2, 0.25) is 5.91 Å². The molecule has 1 atom stereocenters. The molecule has 2 aliphatic rings. The Morgan fingerprint density at radius 1 is 1.13 bits per heavy atom. The van der Waals surface area contributed by atoms with Gasteiger partial charge in [-0.25, -0.2) is 9.97 Å². The van der Waals surface area contributed by atoms with E-state index in [9.17, 15) is 4.79 Å². The van der Waals surface area contributed by atoms with Gasteiger partial charge in [0.1, 0.15) is 11.6 Å². The van der Waals surface area contributed by atoms with Crippen molar-refractivity contribution >= 4 is 29.1 Å². The first-order chi connectivity index (χ1) is 14.7. The van der Waals surface area contributed by atoms with Crippen molar-refractivity contribution in [3.63, 3.8) is 0 Å². The zero-order valence-corrected chi connectivity index (χ0v) is 18.0. The third-order valence-electron chi connectivity index (χ3n) is 6.10. The summed E-state index contributed by atoms with van der Waals surface area (Å²) in [6.07, 6.45) is 10.1. The Morgan fingerprint density at radius 3 is 2.80 bits per heavy atom. The van der Waals surface area contributed by atoms with Crippen LogP contribution in [0.2, 0.25) is 5.02 Å². The number of anilines is 2. The van der Waals surface area contributed by atoms with E-state index in [1.807, 2.05) is 24.3 Å². The number of nitrogens with zero attached hydrogens (tertiary/aromatic N) is 2. The number of pyridine rings is 2. The Balaban J connectivity index is 1.45. The molecule has 30 heavy (non-hydrogen) atoms. The summed E-state index contributed by atoms with van der Waals surface area (Å²) in [7, 11) is 0. The lowest BCUT2D eigenvalue weighted by Crippen LogP contribution is -2.37. The second-order valence-corrected chi connectivity index (χ2v) is 8.78. The zero-order chi connectivity index (χ0) is 20.8. The molecule has 1 aliphatic carbocycles. The summed E-state index contributed by atoms with van der Waals surface area (Å²) in [5.74, 6) is 2.06. The first-order valence-electron chi connectivity index (χ1n) is 11.1. The van der Waals surface area contributed by atoms with E-state index >= 15 is 0 Å². The monoisotopic (exact) mass is 427 g/mol. The molecule has 0 radical (unpaired) electrons. The van der Waals surface area contributed by atoms with Crippen LogP contribution >= 0.6 is 11.6 Å². The summed E-state index contributed by atoms with van der Waals surface area (Å²) in [5.41, 5.74) is 1.54. The van der Waals surface area contributed by atoms with E-state index in [1.165, 1.54) is 32.1 Å². The third-order valence-corrected chi connectivity index (χ3v) is 6.40. The average molecular weight is 428 g/mol. The lowest BCUT2D eigenvalue weighted by atomic mass is 9.89. The molecule has 4 rings (SSSR count). The predicted octanol–water partition coefficient (Wildman–Crippen LogP) is 4.73. The molecule has 160 valence electrons. The number of halogens is 1. The van der Waals surface area contributed by atoms with Gasteiger partial charge < -0.3 is 16.0 Å². The van der Waals surface area contributed by atoms with Crippen molar-refractivity contribution in [2.24, 2.45) is 11.8 Å². The van der Waals surface area contributed by atoms with Gasteiger partial charge in [-0.15, -0.1) is 0 Å². The molecular weight excluding hydrogens is 398 g/mol. The normalized spacial score (nSPS) is 20.0. The van der Waals surface area contributed by atoms with E-state index in [0.717, 1.165) is 48.9 Å². The summed E-state index contributed by atoms with van der Waals surface area (Å²) in [6.45, 7) is 2.64. The quantitative estimate of drug-likeness (QED) is 0.621. The fourth-order valence-electron chi connectivity index (χ4n) is 4.33. The van der Waals surface area contributed by atoms with E-state index < -0.39 is 0 Å². The fraction of sp³-hybridized carbons (Fsp3) is 0.522. The van der Waals surface area contributed by atoms with Crippen LogP contribution in [0, 0.1) is 11.8 Å². The number of amides is 1. The Kier molecular flexibility index (Phi) is 7.18. The SMILES string of the molecule is O=C(Nc1cc(-c2cccc(NCC3CCCCC3)n2)c(Cl)cn1)[C@@H]1CCCNC1. The van der Waals surface area contributed by atoms with Crippen LogP contribution in [0.5, 0.6) is 0 Å². The number of piperidine rings is 1. The standard InChI is InChI=1S/C23H30ClN5O/c24-19-15-27-22(29-23(30)17-8-5-11-25-14-17)12-18(19)20-9-4-10-21(28-20)26-13-16-6-2-1-3-7-16/h4,9-10,12,15-17,25H,1-3,5-8,11,13-14H2,(H,26,28)(H,27,29,30)/t17-/m1/s1. The Bertz CT molecular complexity index is 862. The Hall–Kier alpha value is -2.18. The maximum atomic E-state index is 12.5. The zero-order valence-electron chi connectivity index (χ0n) is 17.3. The van der Waals surface area contributed by atoms with Crippen molar-refractivity contribution in [2.75, 3.05) is 30.3 Å².